The van der Waals surface area contributed by atoms with Crippen LogP contribution in [0.2, 0.25) is 0 Å². The fraction of sp³-hybridized carbons (Fsp3) is 0.692. The zero-order valence-corrected chi connectivity index (χ0v) is 11.7. The second kappa shape index (κ2) is 5.85. The molecule has 4 nitrogen and oxygen atoms in total. The van der Waals surface area contributed by atoms with Crippen LogP contribution in [0, 0.1) is 0 Å². The number of anilines is 2. The number of halogens is 3. The van der Waals surface area contributed by atoms with Gasteiger partial charge in [0.05, 0.1) is 0 Å². The molecule has 0 spiro atoms. The van der Waals surface area contributed by atoms with Crippen molar-refractivity contribution in [3.05, 3.63) is 11.9 Å². The predicted molar refractivity (Wildman–Crippen MR) is 71.9 cm³/mol. The number of nitrogens with one attached hydrogen (secondary N) is 1. The van der Waals surface area contributed by atoms with Gasteiger partial charge in [-0.25, -0.2) is 9.97 Å². The van der Waals surface area contributed by atoms with Gasteiger partial charge < -0.3 is 10.2 Å². The highest BCUT2D eigenvalue weighted by atomic mass is 19.4. The van der Waals surface area contributed by atoms with Gasteiger partial charge in [-0.15, -0.1) is 0 Å². The summed E-state index contributed by atoms with van der Waals surface area (Å²) in [4.78, 5) is 9.16. The van der Waals surface area contributed by atoms with Crippen molar-refractivity contribution < 1.29 is 13.2 Å². The fourth-order valence-corrected chi connectivity index (χ4v) is 2.66. The summed E-state index contributed by atoms with van der Waals surface area (Å²) in [7, 11) is 1.55. The first-order valence-electron chi connectivity index (χ1n) is 6.86. The van der Waals surface area contributed by atoms with Gasteiger partial charge in [0, 0.05) is 25.7 Å². The molecule has 2 rings (SSSR count). The average molecular weight is 288 g/mol. The Morgan fingerprint density at radius 1 is 1.30 bits per heavy atom. The zero-order valence-electron chi connectivity index (χ0n) is 11.7. The van der Waals surface area contributed by atoms with Crippen molar-refractivity contribution in [2.24, 2.45) is 0 Å². The standard InChI is InChI=1S/C13H19F3N4/c1-3-20(9-6-4-5-7-9)11-8-10(17-2)18-12(19-11)13(14,15)16/h8-9H,3-7H2,1-2H3,(H,17,18,19). The molecule has 0 atom stereocenters. The van der Waals surface area contributed by atoms with Crippen LogP contribution in [0.15, 0.2) is 6.07 Å². The molecule has 0 saturated heterocycles. The number of hydrogen-bond acceptors (Lipinski definition) is 4. The van der Waals surface area contributed by atoms with Gasteiger partial charge in [-0.1, -0.05) is 12.8 Å². The van der Waals surface area contributed by atoms with E-state index in [1.807, 2.05) is 11.8 Å². The summed E-state index contributed by atoms with van der Waals surface area (Å²) >= 11 is 0. The van der Waals surface area contributed by atoms with Crippen LogP contribution in [0.25, 0.3) is 0 Å². The second-order valence-corrected chi connectivity index (χ2v) is 4.91. The monoisotopic (exact) mass is 288 g/mol. The third-order valence-corrected chi connectivity index (χ3v) is 3.62. The van der Waals surface area contributed by atoms with E-state index in [1.165, 1.54) is 0 Å². The molecule has 1 aliphatic rings. The summed E-state index contributed by atoms with van der Waals surface area (Å²) < 4.78 is 38.6. The van der Waals surface area contributed by atoms with Crippen molar-refractivity contribution in [2.45, 2.75) is 44.8 Å². The van der Waals surface area contributed by atoms with E-state index in [0.29, 0.717) is 12.4 Å². The fourth-order valence-electron chi connectivity index (χ4n) is 2.66. The lowest BCUT2D eigenvalue weighted by molar-refractivity contribution is -0.144. The lowest BCUT2D eigenvalue weighted by atomic mass is 10.2. The maximum Gasteiger partial charge on any atom is 0.451 e. The molecule has 1 N–H and O–H groups in total. The highest BCUT2D eigenvalue weighted by Gasteiger charge is 2.36. The SMILES string of the molecule is CCN(c1cc(NC)nc(C(F)(F)F)n1)C1CCCC1. The summed E-state index contributed by atoms with van der Waals surface area (Å²) in [6.45, 7) is 2.58. The maximum atomic E-state index is 12.9. The molecule has 1 aromatic rings. The molecule has 1 aromatic heterocycles. The second-order valence-electron chi connectivity index (χ2n) is 4.91. The van der Waals surface area contributed by atoms with Crippen LogP contribution in [0.1, 0.15) is 38.4 Å². The molecule has 1 aliphatic carbocycles. The Bertz CT molecular complexity index is 455. The molecule has 0 radical (unpaired) electrons. The van der Waals surface area contributed by atoms with Gasteiger partial charge in [0.2, 0.25) is 5.82 Å². The Balaban J connectivity index is 2.38. The van der Waals surface area contributed by atoms with Crippen molar-refractivity contribution in [3.63, 3.8) is 0 Å². The molecule has 20 heavy (non-hydrogen) atoms. The lowest BCUT2D eigenvalue weighted by Gasteiger charge is -2.29. The van der Waals surface area contributed by atoms with E-state index in [1.54, 1.807) is 13.1 Å². The Morgan fingerprint density at radius 3 is 2.45 bits per heavy atom. The van der Waals surface area contributed by atoms with Gasteiger partial charge in [0.1, 0.15) is 11.6 Å². The topological polar surface area (TPSA) is 41.0 Å². The van der Waals surface area contributed by atoms with Gasteiger partial charge in [0.15, 0.2) is 0 Å². The number of hydrogen-bond donors (Lipinski definition) is 1. The van der Waals surface area contributed by atoms with Gasteiger partial charge in [-0.05, 0) is 19.8 Å². The highest BCUT2D eigenvalue weighted by molar-refractivity contribution is 5.50. The number of aromatic nitrogens is 2. The van der Waals surface area contributed by atoms with Crippen molar-refractivity contribution in [3.8, 4) is 0 Å². The van der Waals surface area contributed by atoms with E-state index in [0.717, 1.165) is 25.7 Å². The Labute approximate surface area is 116 Å². The number of alkyl halides is 3. The van der Waals surface area contributed by atoms with E-state index < -0.39 is 12.0 Å². The van der Waals surface area contributed by atoms with Crippen LogP contribution >= 0.6 is 0 Å². The molecule has 1 saturated carbocycles. The summed E-state index contributed by atoms with van der Waals surface area (Å²) in [5.41, 5.74) is 0. The molecule has 7 heteroatoms. The average Bonchev–Trinajstić information content (AvgIpc) is 2.92. The highest BCUT2D eigenvalue weighted by Crippen LogP contribution is 2.32. The van der Waals surface area contributed by atoms with Gasteiger partial charge in [0.25, 0.3) is 0 Å². The van der Waals surface area contributed by atoms with Crippen LogP contribution in [-0.4, -0.2) is 29.6 Å². The molecular formula is C13H19F3N4. The molecule has 0 amide bonds. The van der Waals surface area contributed by atoms with Crippen LogP contribution in [0.4, 0.5) is 24.8 Å². The van der Waals surface area contributed by atoms with E-state index >= 15 is 0 Å². The normalized spacial score (nSPS) is 16.4. The van der Waals surface area contributed by atoms with E-state index in [2.05, 4.69) is 15.3 Å². The van der Waals surface area contributed by atoms with Crippen molar-refractivity contribution in [1.29, 1.82) is 0 Å². The van der Waals surface area contributed by atoms with Crippen molar-refractivity contribution >= 4 is 11.6 Å². The first-order chi connectivity index (χ1) is 9.45. The first kappa shape index (κ1) is 14.9. The van der Waals surface area contributed by atoms with E-state index in [4.69, 9.17) is 0 Å². The lowest BCUT2D eigenvalue weighted by Crippen LogP contribution is -2.34. The summed E-state index contributed by atoms with van der Waals surface area (Å²) in [5, 5.41) is 2.67. The molecule has 0 aliphatic heterocycles. The summed E-state index contributed by atoms with van der Waals surface area (Å²) in [6.07, 6.45) is -0.270. The zero-order chi connectivity index (χ0) is 14.8. The van der Waals surface area contributed by atoms with Crippen molar-refractivity contribution in [1.82, 2.24) is 9.97 Å². The van der Waals surface area contributed by atoms with E-state index in [9.17, 15) is 13.2 Å². The van der Waals surface area contributed by atoms with Crippen LogP contribution in [-0.2, 0) is 6.18 Å². The third-order valence-electron chi connectivity index (χ3n) is 3.62. The summed E-state index contributed by atoms with van der Waals surface area (Å²) in [6, 6.07) is 1.86. The van der Waals surface area contributed by atoms with Gasteiger partial charge >= 0.3 is 6.18 Å². The molecule has 0 unspecified atom stereocenters. The minimum Gasteiger partial charge on any atom is -0.373 e. The van der Waals surface area contributed by atoms with Gasteiger partial charge in [-0.2, -0.15) is 13.2 Å². The Hall–Kier alpha value is -1.53. The smallest absolute Gasteiger partial charge is 0.373 e. The Kier molecular flexibility index (Phi) is 4.35. The van der Waals surface area contributed by atoms with Crippen molar-refractivity contribution in [2.75, 3.05) is 23.8 Å². The molecule has 0 aromatic carbocycles. The quantitative estimate of drug-likeness (QED) is 0.923. The molecule has 1 heterocycles. The molecule has 112 valence electrons. The van der Waals surface area contributed by atoms with Crippen LogP contribution in [0.3, 0.4) is 0 Å². The first-order valence-corrected chi connectivity index (χ1v) is 6.86. The minimum absolute atomic E-state index is 0.193. The third kappa shape index (κ3) is 3.13. The molecule has 1 fully saturated rings. The maximum absolute atomic E-state index is 12.9. The molecular weight excluding hydrogens is 269 g/mol. The minimum atomic E-state index is -4.53. The number of nitrogens with zero attached hydrogens (tertiary/aromatic N) is 3. The van der Waals surface area contributed by atoms with Crippen LogP contribution < -0.4 is 10.2 Å². The van der Waals surface area contributed by atoms with Gasteiger partial charge in [-0.3, -0.25) is 0 Å². The van der Waals surface area contributed by atoms with E-state index in [-0.39, 0.29) is 11.9 Å². The Morgan fingerprint density at radius 2 is 1.95 bits per heavy atom. The largest absolute Gasteiger partial charge is 0.451 e. The number of rotatable bonds is 4. The molecule has 0 bridgehead atoms. The summed E-state index contributed by atoms with van der Waals surface area (Å²) in [5.74, 6) is -0.541. The predicted octanol–water partition coefficient (Wildman–Crippen LogP) is 3.31. The van der Waals surface area contributed by atoms with Crippen LogP contribution in [0.5, 0.6) is 0 Å².